The van der Waals surface area contributed by atoms with Gasteiger partial charge in [-0.3, -0.25) is 4.79 Å². The molecule has 4 nitrogen and oxygen atoms in total. The second-order valence-corrected chi connectivity index (χ2v) is 7.49. The molecule has 0 fully saturated rings. The van der Waals surface area contributed by atoms with Crippen LogP contribution in [0.15, 0.2) is 52.6 Å². The Kier molecular flexibility index (Phi) is 4.40. The zero-order valence-electron chi connectivity index (χ0n) is 13.6. The number of nitriles is 1. The molecule has 7 heteroatoms. The Bertz CT molecular complexity index is 1280. The van der Waals surface area contributed by atoms with E-state index in [-0.39, 0.29) is 11.3 Å². The van der Waals surface area contributed by atoms with Crippen molar-refractivity contribution in [3.05, 3.63) is 73.8 Å². The Hall–Kier alpha value is -2.78. The third-order valence-corrected chi connectivity index (χ3v) is 6.00. The first kappa shape index (κ1) is 17.6. The Labute approximate surface area is 167 Å². The lowest BCUT2D eigenvalue weighted by Crippen LogP contribution is -2.09. The van der Waals surface area contributed by atoms with Gasteiger partial charge in [0, 0.05) is 16.5 Å². The molecule has 0 aliphatic rings. The van der Waals surface area contributed by atoms with Crippen LogP contribution in [0.25, 0.3) is 32.5 Å². The first-order valence-corrected chi connectivity index (χ1v) is 9.46. The van der Waals surface area contributed by atoms with E-state index in [4.69, 9.17) is 28.5 Å². The molecule has 4 aromatic rings. The summed E-state index contributed by atoms with van der Waals surface area (Å²) in [5.41, 5.74) is 2.43. The molecule has 2 aromatic carbocycles. The molecule has 27 heavy (non-hydrogen) atoms. The molecular formula is C20H10Cl2N2O2S. The van der Waals surface area contributed by atoms with Crippen LogP contribution in [-0.4, -0.2) is 10.1 Å². The third-order valence-electron chi connectivity index (χ3n) is 4.29. The number of fused-ring (bicyclic) bond motifs is 1. The van der Waals surface area contributed by atoms with Crippen molar-refractivity contribution in [1.82, 2.24) is 4.98 Å². The van der Waals surface area contributed by atoms with E-state index in [1.807, 2.05) is 41.8 Å². The molecule has 4 rings (SSSR count). The summed E-state index contributed by atoms with van der Waals surface area (Å²) in [6, 6.07) is 14.8. The van der Waals surface area contributed by atoms with Crippen molar-refractivity contribution in [2.24, 2.45) is 0 Å². The number of hydrogen-bond acceptors (Lipinski definition) is 4. The summed E-state index contributed by atoms with van der Waals surface area (Å²) in [7, 11) is 0. The van der Waals surface area contributed by atoms with E-state index in [2.05, 4.69) is 4.98 Å². The first-order valence-electron chi connectivity index (χ1n) is 7.82. The number of nitrogens with zero attached hydrogens (tertiary/aromatic N) is 1. The highest BCUT2D eigenvalue weighted by atomic mass is 35.5. The number of aromatic amines is 1. The lowest BCUT2D eigenvalue weighted by atomic mass is 9.99. The van der Waals surface area contributed by atoms with Gasteiger partial charge in [-0.05, 0) is 17.2 Å². The van der Waals surface area contributed by atoms with Gasteiger partial charge in [-0.25, -0.2) is 0 Å². The fourth-order valence-corrected chi connectivity index (χ4v) is 4.33. The van der Waals surface area contributed by atoms with Gasteiger partial charge in [0.15, 0.2) is 5.56 Å². The van der Waals surface area contributed by atoms with E-state index in [1.165, 1.54) is 11.3 Å². The zero-order chi connectivity index (χ0) is 19.1. The van der Waals surface area contributed by atoms with Gasteiger partial charge in [0.05, 0.1) is 15.4 Å². The fourth-order valence-electron chi connectivity index (χ4n) is 2.96. The zero-order valence-corrected chi connectivity index (χ0v) is 15.9. The molecule has 0 aliphatic heterocycles. The molecule has 132 valence electrons. The minimum absolute atomic E-state index is 0.288. The monoisotopic (exact) mass is 412 g/mol. The Balaban J connectivity index is 1.85. The van der Waals surface area contributed by atoms with Crippen molar-refractivity contribution in [1.29, 1.82) is 5.26 Å². The predicted molar refractivity (Wildman–Crippen MR) is 110 cm³/mol. The fraction of sp³-hybridized carbons (Fsp3) is 0. The number of halogens is 2. The maximum Gasteiger partial charge on any atom is 0.270 e. The number of nitrogens with one attached hydrogen (secondary N) is 1. The predicted octanol–water partition coefficient (Wildman–Crippen LogP) is 5.81. The molecule has 0 amide bonds. The normalized spacial score (nSPS) is 10.9. The van der Waals surface area contributed by atoms with Gasteiger partial charge >= 0.3 is 0 Å². The van der Waals surface area contributed by atoms with E-state index >= 15 is 0 Å². The van der Waals surface area contributed by atoms with Gasteiger partial charge in [0.1, 0.15) is 16.6 Å². The van der Waals surface area contributed by atoms with Gasteiger partial charge in [0.25, 0.3) is 5.56 Å². The summed E-state index contributed by atoms with van der Waals surface area (Å²) >= 11 is 13.7. The van der Waals surface area contributed by atoms with Crippen molar-refractivity contribution < 1.29 is 5.11 Å². The number of aromatic hydroxyl groups is 1. The second kappa shape index (κ2) is 6.75. The van der Waals surface area contributed by atoms with Gasteiger partial charge in [0.2, 0.25) is 0 Å². The van der Waals surface area contributed by atoms with Crippen LogP contribution in [0.3, 0.4) is 0 Å². The average molecular weight is 413 g/mol. The standard InChI is InChI=1S/C20H10Cl2N2O2S/c21-15-3-1-2-12(17(15)22)10-4-6-11(7-5-10)14-9-27-20-16(14)18(25)13(8-23)19(26)24-20/h1-7,9H,(H2,24,25,26). The molecule has 2 N–H and O–H groups in total. The number of pyridine rings is 1. The molecule has 0 spiro atoms. The van der Waals surface area contributed by atoms with Crippen molar-refractivity contribution in [3.8, 4) is 34.1 Å². The van der Waals surface area contributed by atoms with Crippen LogP contribution in [0.2, 0.25) is 10.0 Å². The molecule has 2 aromatic heterocycles. The van der Waals surface area contributed by atoms with Crippen molar-refractivity contribution in [3.63, 3.8) is 0 Å². The van der Waals surface area contributed by atoms with Crippen LogP contribution in [0.5, 0.6) is 5.75 Å². The summed E-state index contributed by atoms with van der Waals surface area (Å²) in [6.45, 7) is 0. The van der Waals surface area contributed by atoms with Crippen LogP contribution in [0, 0.1) is 11.3 Å². The molecule has 0 bridgehead atoms. The van der Waals surface area contributed by atoms with Crippen molar-refractivity contribution in [2.45, 2.75) is 0 Å². The maximum absolute atomic E-state index is 11.8. The summed E-state index contributed by atoms with van der Waals surface area (Å²) in [4.78, 5) is 15.0. The Morgan fingerprint density at radius 3 is 2.37 bits per heavy atom. The van der Waals surface area contributed by atoms with Crippen LogP contribution in [0.1, 0.15) is 5.56 Å². The summed E-state index contributed by atoms with van der Waals surface area (Å²) in [5.74, 6) is -0.297. The molecule has 0 saturated heterocycles. The van der Waals surface area contributed by atoms with Crippen molar-refractivity contribution in [2.75, 3.05) is 0 Å². The van der Waals surface area contributed by atoms with E-state index in [0.29, 0.717) is 20.3 Å². The summed E-state index contributed by atoms with van der Waals surface area (Å²) in [5, 5.41) is 22.8. The van der Waals surface area contributed by atoms with Crippen LogP contribution >= 0.6 is 34.5 Å². The number of thiophene rings is 1. The third kappa shape index (κ3) is 2.88. The minimum atomic E-state index is -0.596. The topological polar surface area (TPSA) is 76.9 Å². The Morgan fingerprint density at radius 1 is 1.04 bits per heavy atom. The van der Waals surface area contributed by atoms with E-state index in [1.54, 1.807) is 12.1 Å². The summed E-state index contributed by atoms with van der Waals surface area (Å²) in [6.07, 6.45) is 0. The minimum Gasteiger partial charge on any atom is -0.506 e. The first-order chi connectivity index (χ1) is 13.0. The Morgan fingerprint density at radius 2 is 1.70 bits per heavy atom. The lowest BCUT2D eigenvalue weighted by Gasteiger charge is -2.08. The highest BCUT2D eigenvalue weighted by molar-refractivity contribution is 7.17. The molecular weight excluding hydrogens is 403 g/mol. The van der Waals surface area contributed by atoms with Gasteiger partial charge in [-0.1, -0.05) is 59.6 Å². The largest absolute Gasteiger partial charge is 0.506 e. The van der Waals surface area contributed by atoms with Crippen molar-refractivity contribution >= 4 is 44.8 Å². The number of hydrogen-bond donors (Lipinski definition) is 2. The molecule has 0 saturated carbocycles. The number of rotatable bonds is 2. The number of benzene rings is 2. The molecule has 2 heterocycles. The number of aromatic nitrogens is 1. The van der Waals surface area contributed by atoms with Crippen LogP contribution in [0.4, 0.5) is 0 Å². The van der Waals surface area contributed by atoms with E-state index < -0.39 is 5.56 Å². The van der Waals surface area contributed by atoms with Gasteiger partial charge < -0.3 is 10.1 Å². The molecule has 0 unspecified atom stereocenters. The molecule has 0 atom stereocenters. The number of H-pyrrole nitrogens is 1. The highest BCUT2D eigenvalue weighted by Crippen LogP contribution is 2.40. The van der Waals surface area contributed by atoms with Gasteiger partial charge in [-0.15, -0.1) is 11.3 Å². The van der Waals surface area contributed by atoms with Gasteiger partial charge in [-0.2, -0.15) is 5.26 Å². The molecule has 0 aliphatic carbocycles. The smallest absolute Gasteiger partial charge is 0.270 e. The lowest BCUT2D eigenvalue weighted by molar-refractivity contribution is 0.479. The SMILES string of the molecule is N#Cc1c(O)c2c(-c3ccc(-c4cccc(Cl)c4Cl)cc3)csc2[nH]c1=O. The van der Waals surface area contributed by atoms with E-state index in [9.17, 15) is 9.90 Å². The van der Waals surface area contributed by atoms with Crippen LogP contribution < -0.4 is 5.56 Å². The highest BCUT2D eigenvalue weighted by Gasteiger charge is 2.17. The molecule has 0 radical (unpaired) electrons. The summed E-state index contributed by atoms with van der Waals surface area (Å²) < 4.78 is 0. The average Bonchev–Trinajstić information content (AvgIpc) is 3.08. The van der Waals surface area contributed by atoms with Crippen LogP contribution in [-0.2, 0) is 0 Å². The maximum atomic E-state index is 11.8. The van der Waals surface area contributed by atoms with E-state index in [0.717, 1.165) is 22.3 Å². The quantitative estimate of drug-likeness (QED) is 0.436. The second-order valence-electron chi connectivity index (χ2n) is 5.82.